The first-order chi connectivity index (χ1) is 12.6. The van der Waals surface area contributed by atoms with Crippen LogP contribution in [0.4, 0.5) is 0 Å². The highest BCUT2D eigenvalue weighted by Crippen LogP contribution is 2.18. The maximum Gasteiger partial charge on any atom is 0.191 e. The van der Waals surface area contributed by atoms with E-state index in [9.17, 15) is 0 Å². The van der Waals surface area contributed by atoms with E-state index in [1.165, 1.54) is 0 Å². The molecule has 1 aliphatic rings. The van der Waals surface area contributed by atoms with Crippen LogP contribution in [0.5, 0.6) is 11.5 Å². The number of methoxy groups -OCH3 is 1. The van der Waals surface area contributed by atoms with Crippen molar-refractivity contribution in [2.24, 2.45) is 4.99 Å². The molecule has 6 nitrogen and oxygen atoms in total. The summed E-state index contributed by atoms with van der Waals surface area (Å²) in [6.07, 6.45) is 3.24. The number of piperidine rings is 1. The van der Waals surface area contributed by atoms with E-state index in [1.54, 1.807) is 7.11 Å². The Morgan fingerprint density at radius 2 is 2.00 bits per heavy atom. The lowest BCUT2D eigenvalue weighted by Crippen LogP contribution is -2.50. The number of hydrogen-bond acceptors (Lipinski definition) is 4. The van der Waals surface area contributed by atoms with Crippen LogP contribution in [0, 0.1) is 0 Å². The fraction of sp³-hybridized carbons (Fsp3) is 0.650. The second kappa shape index (κ2) is 10.9. The highest BCUT2D eigenvalue weighted by molar-refractivity contribution is 5.79. The minimum absolute atomic E-state index is 0.504. The molecule has 2 N–H and O–H groups in total. The van der Waals surface area contributed by atoms with Gasteiger partial charge in [-0.3, -0.25) is 4.99 Å². The summed E-state index contributed by atoms with van der Waals surface area (Å²) < 4.78 is 11.0. The molecule has 1 aliphatic heterocycles. The smallest absolute Gasteiger partial charge is 0.191 e. The van der Waals surface area contributed by atoms with Crippen LogP contribution >= 0.6 is 0 Å². The maximum atomic E-state index is 5.76. The van der Waals surface area contributed by atoms with Gasteiger partial charge in [-0.1, -0.05) is 6.07 Å². The number of likely N-dealkylation sites (tertiary alicyclic amines) is 1. The van der Waals surface area contributed by atoms with Crippen molar-refractivity contribution in [2.45, 2.75) is 45.2 Å². The molecule has 1 saturated heterocycles. The number of benzene rings is 1. The van der Waals surface area contributed by atoms with Crippen molar-refractivity contribution in [1.82, 2.24) is 15.5 Å². The van der Waals surface area contributed by atoms with Crippen molar-refractivity contribution in [3.8, 4) is 11.5 Å². The minimum Gasteiger partial charge on any atom is -0.497 e. The van der Waals surface area contributed by atoms with Crippen LogP contribution in [0.3, 0.4) is 0 Å². The quantitative estimate of drug-likeness (QED) is 0.423. The Hall–Kier alpha value is -1.95. The average Bonchev–Trinajstić information content (AvgIpc) is 2.67. The van der Waals surface area contributed by atoms with Gasteiger partial charge in [0.15, 0.2) is 5.96 Å². The summed E-state index contributed by atoms with van der Waals surface area (Å²) in [6, 6.07) is 8.83. The zero-order chi connectivity index (χ0) is 18.8. The highest BCUT2D eigenvalue weighted by atomic mass is 16.5. The largest absolute Gasteiger partial charge is 0.497 e. The lowest BCUT2D eigenvalue weighted by Gasteiger charge is -2.35. The molecule has 0 aromatic heterocycles. The molecule has 6 heteroatoms. The summed E-state index contributed by atoms with van der Waals surface area (Å²) in [7, 11) is 3.49. The molecule has 1 fully saturated rings. The standard InChI is InChI=1S/C20H34N4O2/c1-16(2)24-12-9-17(10-13-24)23-20(21-3)22-11-6-14-26-19-8-5-7-18(15-19)25-4/h5,7-8,15-17H,6,9-14H2,1-4H3,(H2,21,22,23). The van der Waals surface area contributed by atoms with Crippen molar-refractivity contribution in [3.63, 3.8) is 0 Å². The third-order valence-corrected chi connectivity index (χ3v) is 4.75. The number of nitrogens with zero attached hydrogens (tertiary/aromatic N) is 2. The van der Waals surface area contributed by atoms with Crippen molar-refractivity contribution in [1.29, 1.82) is 0 Å². The van der Waals surface area contributed by atoms with Gasteiger partial charge in [-0.05, 0) is 45.2 Å². The summed E-state index contributed by atoms with van der Waals surface area (Å²) in [5.41, 5.74) is 0. The molecule has 0 atom stereocenters. The molecule has 0 spiro atoms. The average molecular weight is 363 g/mol. The van der Waals surface area contributed by atoms with E-state index < -0.39 is 0 Å². The second-order valence-corrected chi connectivity index (χ2v) is 6.93. The molecule has 2 rings (SSSR count). The SMILES string of the molecule is CN=C(NCCCOc1cccc(OC)c1)NC1CCN(C(C)C)CC1. The van der Waals surface area contributed by atoms with Crippen LogP contribution in [0.15, 0.2) is 29.3 Å². The fourth-order valence-electron chi connectivity index (χ4n) is 3.11. The van der Waals surface area contributed by atoms with E-state index in [2.05, 4.69) is 34.4 Å². The van der Waals surface area contributed by atoms with Crippen LogP contribution in [-0.4, -0.2) is 63.3 Å². The first kappa shape index (κ1) is 20.4. The van der Waals surface area contributed by atoms with Crippen molar-refractivity contribution < 1.29 is 9.47 Å². The van der Waals surface area contributed by atoms with E-state index in [4.69, 9.17) is 9.47 Å². The van der Waals surface area contributed by atoms with E-state index >= 15 is 0 Å². The minimum atomic E-state index is 0.504. The third kappa shape index (κ3) is 6.75. The van der Waals surface area contributed by atoms with E-state index in [0.29, 0.717) is 18.7 Å². The normalized spacial score (nSPS) is 16.6. The molecule has 26 heavy (non-hydrogen) atoms. The van der Waals surface area contributed by atoms with Crippen molar-refractivity contribution in [3.05, 3.63) is 24.3 Å². The molecule has 1 aromatic rings. The van der Waals surface area contributed by atoms with Crippen LogP contribution in [-0.2, 0) is 0 Å². The van der Waals surface area contributed by atoms with Crippen LogP contribution in [0.2, 0.25) is 0 Å². The van der Waals surface area contributed by atoms with Gasteiger partial charge in [-0.25, -0.2) is 0 Å². The summed E-state index contributed by atoms with van der Waals surface area (Å²) >= 11 is 0. The van der Waals surface area contributed by atoms with E-state index in [-0.39, 0.29) is 0 Å². The zero-order valence-corrected chi connectivity index (χ0v) is 16.6. The zero-order valence-electron chi connectivity index (χ0n) is 16.6. The van der Waals surface area contributed by atoms with Crippen LogP contribution in [0.1, 0.15) is 33.1 Å². The monoisotopic (exact) mass is 362 g/mol. The summed E-state index contributed by atoms with van der Waals surface area (Å²) in [4.78, 5) is 6.87. The number of hydrogen-bond donors (Lipinski definition) is 2. The Morgan fingerprint density at radius 1 is 1.27 bits per heavy atom. The van der Waals surface area contributed by atoms with Gasteiger partial charge in [0.2, 0.25) is 0 Å². The number of guanidine groups is 1. The van der Waals surface area contributed by atoms with Gasteiger partial charge < -0.3 is 25.0 Å². The van der Waals surface area contributed by atoms with Gasteiger partial charge in [0.05, 0.1) is 13.7 Å². The molecule has 0 aliphatic carbocycles. The second-order valence-electron chi connectivity index (χ2n) is 6.93. The van der Waals surface area contributed by atoms with Gasteiger partial charge >= 0.3 is 0 Å². The van der Waals surface area contributed by atoms with Crippen LogP contribution in [0.25, 0.3) is 0 Å². The Bertz CT molecular complexity index is 554. The Labute approximate surface area is 158 Å². The molecule has 1 aromatic carbocycles. The predicted molar refractivity (Wildman–Crippen MR) is 107 cm³/mol. The van der Waals surface area contributed by atoms with Gasteiger partial charge in [0, 0.05) is 44.8 Å². The fourth-order valence-corrected chi connectivity index (χ4v) is 3.11. The Morgan fingerprint density at radius 3 is 2.65 bits per heavy atom. The third-order valence-electron chi connectivity index (χ3n) is 4.75. The number of rotatable bonds is 8. The maximum absolute atomic E-state index is 5.76. The predicted octanol–water partition coefficient (Wildman–Crippen LogP) is 2.50. The molecule has 0 radical (unpaired) electrons. The molecule has 1 heterocycles. The van der Waals surface area contributed by atoms with Gasteiger partial charge in [-0.15, -0.1) is 0 Å². The van der Waals surface area contributed by atoms with Gasteiger partial charge in [-0.2, -0.15) is 0 Å². The van der Waals surface area contributed by atoms with E-state index in [0.717, 1.165) is 56.4 Å². The Kier molecular flexibility index (Phi) is 8.54. The van der Waals surface area contributed by atoms with E-state index in [1.807, 2.05) is 31.3 Å². The number of aliphatic imine (C=N–C) groups is 1. The summed E-state index contributed by atoms with van der Waals surface area (Å²) in [5.74, 6) is 2.53. The summed E-state index contributed by atoms with van der Waals surface area (Å²) in [6.45, 7) is 8.32. The lowest BCUT2D eigenvalue weighted by atomic mass is 10.0. The first-order valence-corrected chi connectivity index (χ1v) is 9.60. The summed E-state index contributed by atoms with van der Waals surface area (Å²) in [5, 5.41) is 6.92. The van der Waals surface area contributed by atoms with Gasteiger partial charge in [0.25, 0.3) is 0 Å². The molecular formula is C20H34N4O2. The molecule has 146 valence electrons. The van der Waals surface area contributed by atoms with Crippen LogP contribution < -0.4 is 20.1 Å². The first-order valence-electron chi connectivity index (χ1n) is 9.60. The molecule has 0 saturated carbocycles. The van der Waals surface area contributed by atoms with Crippen molar-refractivity contribution >= 4 is 5.96 Å². The number of ether oxygens (including phenoxy) is 2. The molecular weight excluding hydrogens is 328 g/mol. The highest BCUT2D eigenvalue weighted by Gasteiger charge is 2.21. The van der Waals surface area contributed by atoms with Gasteiger partial charge in [0.1, 0.15) is 11.5 Å². The lowest BCUT2D eigenvalue weighted by molar-refractivity contribution is 0.167. The van der Waals surface area contributed by atoms with Crippen molar-refractivity contribution in [2.75, 3.05) is 40.4 Å². The number of nitrogens with one attached hydrogen (secondary N) is 2. The topological polar surface area (TPSA) is 58.1 Å². The molecule has 0 bridgehead atoms. The Balaban J connectivity index is 1.62. The molecule has 0 unspecified atom stereocenters. The molecule has 0 amide bonds.